The zero-order valence-corrected chi connectivity index (χ0v) is 20.9. The number of carbonyl (C=O) groups excluding carboxylic acids is 1. The van der Waals surface area contributed by atoms with Gasteiger partial charge < -0.3 is 15.0 Å². The molecule has 3 heterocycles. The van der Waals surface area contributed by atoms with Crippen LogP contribution in [0.1, 0.15) is 32.7 Å². The first kappa shape index (κ1) is 24.0. The number of nitrogens with zero attached hydrogens (tertiary/aromatic N) is 3. The number of H-pyrrole nitrogens is 1. The van der Waals surface area contributed by atoms with Crippen LogP contribution in [-0.4, -0.2) is 51.9 Å². The van der Waals surface area contributed by atoms with Crippen LogP contribution < -0.4 is 10.9 Å². The van der Waals surface area contributed by atoms with Crippen molar-refractivity contribution in [1.29, 1.82) is 0 Å². The highest BCUT2D eigenvalue weighted by Crippen LogP contribution is 2.28. The second kappa shape index (κ2) is 10.1. The van der Waals surface area contributed by atoms with Crippen molar-refractivity contribution in [3.63, 3.8) is 0 Å². The summed E-state index contributed by atoms with van der Waals surface area (Å²) in [6, 6.07) is 14.4. The normalized spacial score (nSPS) is 14.3. The minimum Gasteiger partial charge on any atom is -0.379 e. The van der Waals surface area contributed by atoms with Gasteiger partial charge in [0.05, 0.1) is 30.5 Å². The largest absolute Gasteiger partial charge is 0.379 e. The van der Waals surface area contributed by atoms with Gasteiger partial charge in [-0.3, -0.25) is 19.2 Å². The molecule has 0 unspecified atom stereocenters. The van der Waals surface area contributed by atoms with E-state index >= 15 is 0 Å². The van der Waals surface area contributed by atoms with E-state index in [1.54, 1.807) is 10.9 Å². The minimum atomic E-state index is -0.238. The van der Waals surface area contributed by atoms with E-state index in [1.807, 2.05) is 33.0 Å². The maximum absolute atomic E-state index is 13.3. The first-order valence-electron chi connectivity index (χ1n) is 12.2. The lowest BCUT2D eigenvalue weighted by Gasteiger charge is -2.26. The molecule has 1 aliphatic heterocycles. The molecule has 186 valence electrons. The Balaban J connectivity index is 1.41. The summed E-state index contributed by atoms with van der Waals surface area (Å²) in [5.74, 6) is -0.238. The van der Waals surface area contributed by atoms with Gasteiger partial charge in [-0.1, -0.05) is 24.3 Å². The predicted octanol–water partition coefficient (Wildman–Crippen LogP) is 3.31. The Morgan fingerprint density at radius 1 is 1.08 bits per heavy atom. The van der Waals surface area contributed by atoms with Crippen molar-refractivity contribution in [2.75, 3.05) is 26.3 Å². The number of pyridine rings is 1. The van der Waals surface area contributed by atoms with Crippen molar-refractivity contribution in [1.82, 2.24) is 25.0 Å². The number of aryl methyl sites for hydroxylation is 3. The molecule has 0 bridgehead atoms. The number of amides is 1. The summed E-state index contributed by atoms with van der Waals surface area (Å²) >= 11 is 0. The van der Waals surface area contributed by atoms with E-state index in [-0.39, 0.29) is 18.0 Å². The topological polar surface area (TPSA) is 92.2 Å². The van der Waals surface area contributed by atoms with Crippen molar-refractivity contribution >= 4 is 16.8 Å². The Hall–Kier alpha value is -3.75. The summed E-state index contributed by atoms with van der Waals surface area (Å²) in [5, 5.41) is 8.09. The minimum absolute atomic E-state index is 0.155. The summed E-state index contributed by atoms with van der Waals surface area (Å²) in [6.07, 6.45) is 1.71. The van der Waals surface area contributed by atoms with Crippen LogP contribution in [0.3, 0.4) is 0 Å². The van der Waals surface area contributed by atoms with Gasteiger partial charge in [0.2, 0.25) is 0 Å². The van der Waals surface area contributed by atoms with Gasteiger partial charge in [-0.05, 0) is 54.3 Å². The van der Waals surface area contributed by atoms with Crippen molar-refractivity contribution in [3.05, 3.63) is 87.0 Å². The lowest BCUT2D eigenvalue weighted by atomic mass is 9.98. The van der Waals surface area contributed by atoms with Gasteiger partial charge in [-0.15, -0.1) is 0 Å². The fourth-order valence-electron chi connectivity index (χ4n) is 4.79. The number of aromatic amines is 1. The fraction of sp³-hybridized carbons (Fsp3) is 0.321. The first-order chi connectivity index (χ1) is 17.4. The Bertz CT molecular complexity index is 1460. The van der Waals surface area contributed by atoms with Gasteiger partial charge in [0.25, 0.3) is 11.5 Å². The van der Waals surface area contributed by atoms with Gasteiger partial charge in [0.15, 0.2) is 0 Å². The second-order valence-electron chi connectivity index (χ2n) is 9.44. The molecule has 8 nitrogen and oxygen atoms in total. The quantitative estimate of drug-likeness (QED) is 0.437. The van der Waals surface area contributed by atoms with Crippen LogP contribution in [-0.2, 0) is 24.9 Å². The van der Waals surface area contributed by atoms with Crippen LogP contribution >= 0.6 is 0 Å². The van der Waals surface area contributed by atoms with E-state index in [0.717, 1.165) is 66.1 Å². The van der Waals surface area contributed by atoms with Crippen LogP contribution in [0.4, 0.5) is 0 Å². The molecule has 36 heavy (non-hydrogen) atoms. The van der Waals surface area contributed by atoms with Crippen LogP contribution in [0.25, 0.3) is 22.0 Å². The molecule has 5 rings (SSSR count). The van der Waals surface area contributed by atoms with Crippen LogP contribution in [0, 0.1) is 13.8 Å². The number of hydrogen-bond donors (Lipinski definition) is 2. The van der Waals surface area contributed by atoms with Gasteiger partial charge in [-0.25, -0.2) is 0 Å². The van der Waals surface area contributed by atoms with E-state index in [4.69, 9.17) is 4.74 Å². The third-order valence-electron chi connectivity index (χ3n) is 6.83. The van der Waals surface area contributed by atoms with E-state index < -0.39 is 0 Å². The number of hydrogen-bond acceptors (Lipinski definition) is 5. The molecule has 8 heteroatoms. The smallest absolute Gasteiger partial charge is 0.253 e. The maximum atomic E-state index is 13.3. The van der Waals surface area contributed by atoms with Gasteiger partial charge in [0, 0.05) is 49.9 Å². The zero-order chi connectivity index (χ0) is 25.2. The SMILES string of the molecule is Cc1cc(C)c(CNC(=O)c2cc(-c3ccc(CN4CCOCC4)cc3)cc3c2cnn3C)c(=O)[nH]1. The Kier molecular flexibility index (Phi) is 6.71. The summed E-state index contributed by atoms with van der Waals surface area (Å²) in [5.41, 5.74) is 6.67. The molecule has 0 saturated carbocycles. The van der Waals surface area contributed by atoms with Crippen molar-refractivity contribution < 1.29 is 9.53 Å². The number of morpholine rings is 1. The Morgan fingerprint density at radius 2 is 1.83 bits per heavy atom. The van der Waals surface area contributed by atoms with E-state index in [0.29, 0.717) is 11.1 Å². The molecular formula is C28H31N5O3. The fourth-order valence-corrected chi connectivity index (χ4v) is 4.79. The molecule has 1 aliphatic rings. The van der Waals surface area contributed by atoms with Crippen LogP contribution in [0.5, 0.6) is 0 Å². The summed E-state index contributed by atoms with van der Waals surface area (Å²) in [7, 11) is 1.87. The summed E-state index contributed by atoms with van der Waals surface area (Å²) in [6.45, 7) is 8.24. The number of rotatable bonds is 6. The third-order valence-corrected chi connectivity index (χ3v) is 6.83. The predicted molar refractivity (Wildman–Crippen MR) is 140 cm³/mol. The van der Waals surface area contributed by atoms with E-state index in [9.17, 15) is 9.59 Å². The van der Waals surface area contributed by atoms with Gasteiger partial charge in [0.1, 0.15) is 0 Å². The molecular weight excluding hydrogens is 454 g/mol. The van der Waals surface area contributed by atoms with Gasteiger partial charge >= 0.3 is 0 Å². The molecule has 0 aliphatic carbocycles. The maximum Gasteiger partial charge on any atom is 0.253 e. The standard InChI is InChI=1S/C28H31N5O3/c1-18-12-19(2)31-28(35)24(18)15-29-27(34)23-13-22(14-26-25(23)16-30-32(26)3)21-6-4-20(5-7-21)17-33-8-10-36-11-9-33/h4-7,12-14,16H,8-11,15,17H2,1-3H3,(H,29,34)(H,31,35). The van der Waals surface area contributed by atoms with Crippen molar-refractivity contribution in [2.45, 2.75) is 26.9 Å². The Morgan fingerprint density at radius 3 is 2.56 bits per heavy atom. The van der Waals surface area contributed by atoms with Crippen LogP contribution in [0.2, 0.25) is 0 Å². The monoisotopic (exact) mass is 485 g/mol. The third kappa shape index (κ3) is 4.96. The highest BCUT2D eigenvalue weighted by molar-refractivity contribution is 6.08. The highest BCUT2D eigenvalue weighted by atomic mass is 16.5. The molecule has 0 atom stereocenters. The molecule has 0 radical (unpaired) electrons. The molecule has 1 fully saturated rings. The summed E-state index contributed by atoms with van der Waals surface area (Å²) in [4.78, 5) is 30.9. The number of ether oxygens (including phenoxy) is 1. The van der Waals surface area contributed by atoms with E-state index in [2.05, 4.69) is 50.6 Å². The molecule has 2 aromatic heterocycles. The molecule has 2 N–H and O–H groups in total. The zero-order valence-electron chi connectivity index (χ0n) is 20.9. The highest BCUT2D eigenvalue weighted by Gasteiger charge is 2.17. The number of nitrogens with one attached hydrogen (secondary N) is 2. The van der Waals surface area contributed by atoms with Crippen LogP contribution in [0.15, 0.2) is 53.5 Å². The molecule has 2 aromatic carbocycles. The number of benzene rings is 2. The average Bonchev–Trinajstić information content (AvgIpc) is 3.24. The number of aromatic nitrogens is 3. The lowest BCUT2D eigenvalue weighted by Crippen LogP contribution is -2.35. The second-order valence-corrected chi connectivity index (χ2v) is 9.44. The molecule has 1 saturated heterocycles. The van der Waals surface area contributed by atoms with E-state index in [1.165, 1.54) is 5.56 Å². The first-order valence-corrected chi connectivity index (χ1v) is 12.2. The van der Waals surface area contributed by atoms with Crippen molar-refractivity contribution in [2.24, 2.45) is 7.05 Å². The molecule has 0 spiro atoms. The molecule has 1 amide bonds. The summed E-state index contributed by atoms with van der Waals surface area (Å²) < 4.78 is 7.22. The average molecular weight is 486 g/mol. The van der Waals surface area contributed by atoms with Crippen molar-refractivity contribution in [3.8, 4) is 11.1 Å². The lowest BCUT2D eigenvalue weighted by molar-refractivity contribution is 0.0342. The molecule has 4 aromatic rings. The number of carbonyl (C=O) groups is 1. The Labute approximate surface area is 209 Å². The van der Waals surface area contributed by atoms with Gasteiger partial charge in [-0.2, -0.15) is 5.10 Å². The number of fused-ring (bicyclic) bond motifs is 1.